The highest BCUT2D eigenvalue weighted by Gasteiger charge is 2.32. The summed E-state index contributed by atoms with van der Waals surface area (Å²) in [5.41, 5.74) is 2.03. The van der Waals surface area contributed by atoms with Crippen LogP contribution in [0.25, 0.3) is 0 Å². The zero-order chi connectivity index (χ0) is 32.3. The van der Waals surface area contributed by atoms with Gasteiger partial charge in [0.15, 0.2) is 17.5 Å². The molecule has 4 heterocycles. The Morgan fingerprint density at radius 3 is 2.52 bits per heavy atom. The van der Waals surface area contributed by atoms with E-state index in [4.69, 9.17) is 9.57 Å². The van der Waals surface area contributed by atoms with Crippen molar-refractivity contribution in [2.45, 2.75) is 31.3 Å². The van der Waals surface area contributed by atoms with E-state index in [0.29, 0.717) is 43.0 Å². The second kappa shape index (κ2) is 14.0. The van der Waals surface area contributed by atoms with Gasteiger partial charge >= 0.3 is 0 Å². The topological polar surface area (TPSA) is 103 Å². The van der Waals surface area contributed by atoms with Crippen molar-refractivity contribution in [3.05, 3.63) is 66.0 Å². The minimum atomic E-state index is -2.94. The molecule has 1 aromatic heterocycles. The van der Waals surface area contributed by atoms with E-state index in [1.54, 1.807) is 19.2 Å². The largest absolute Gasteiger partial charge is 0.494 e. The number of hydroxylamine groups is 1. The van der Waals surface area contributed by atoms with Crippen molar-refractivity contribution in [2.75, 3.05) is 86.8 Å². The van der Waals surface area contributed by atoms with E-state index >= 15 is 0 Å². The Labute approximate surface area is 269 Å². The number of piperidine rings is 1. The molecule has 6 rings (SSSR count). The molecule has 46 heavy (non-hydrogen) atoms. The van der Waals surface area contributed by atoms with Crippen LogP contribution >= 0.6 is 0 Å². The number of ether oxygens (including phenoxy) is 1. The molecule has 3 saturated heterocycles. The van der Waals surface area contributed by atoms with E-state index in [0.717, 1.165) is 69.6 Å². The Kier molecular flexibility index (Phi) is 9.87. The summed E-state index contributed by atoms with van der Waals surface area (Å²) in [5.74, 6) is 0.0405. The number of benzene rings is 2. The van der Waals surface area contributed by atoms with Gasteiger partial charge in [0.1, 0.15) is 27.7 Å². The van der Waals surface area contributed by atoms with Gasteiger partial charge in [-0.1, -0.05) is 12.1 Å². The Bertz CT molecular complexity index is 1620. The predicted octanol–water partition coefficient (Wildman–Crippen LogP) is 4.02. The minimum absolute atomic E-state index is 0.219. The van der Waals surface area contributed by atoms with Crippen LogP contribution in [0.5, 0.6) is 5.75 Å². The molecule has 2 aromatic carbocycles. The Balaban J connectivity index is 1.06. The van der Waals surface area contributed by atoms with Gasteiger partial charge in [0.05, 0.1) is 31.2 Å². The molecule has 0 amide bonds. The summed E-state index contributed by atoms with van der Waals surface area (Å²) in [6.07, 6.45) is 5.32. The van der Waals surface area contributed by atoms with Crippen molar-refractivity contribution in [2.24, 2.45) is 0 Å². The first-order chi connectivity index (χ1) is 22.2. The molecule has 1 N–H and O–H groups in total. The molecule has 3 fully saturated rings. The molecule has 3 aliphatic rings. The SMILES string of the molecule is COc1cc(N2CCC(N3CCN(CCS(C)(=O)=O)CC3)CC2)ccc1Nc1cc(N2OCC[C@@H]2c2cccc(F)c2F)ncn1. The van der Waals surface area contributed by atoms with E-state index in [-0.39, 0.29) is 11.3 Å². The molecule has 1 atom stereocenters. The third-order valence-corrected chi connectivity index (χ3v) is 10.0. The average molecular weight is 658 g/mol. The number of nitrogens with zero attached hydrogens (tertiary/aromatic N) is 6. The molecule has 14 heteroatoms. The average Bonchev–Trinajstić information content (AvgIpc) is 3.55. The van der Waals surface area contributed by atoms with E-state index in [1.807, 2.05) is 12.1 Å². The summed E-state index contributed by atoms with van der Waals surface area (Å²) in [6.45, 7) is 6.60. The molecule has 11 nitrogen and oxygen atoms in total. The van der Waals surface area contributed by atoms with Crippen molar-refractivity contribution in [3.63, 3.8) is 0 Å². The maximum atomic E-state index is 14.6. The summed E-state index contributed by atoms with van der Waals surface area (Å²) in [4.78, 5) is 21.7. The molecule has 0 bridgehead atoms. The summed E-state index contributed by atoms with van der Waals surface area (Å²) in [6, 6.07) is 11.9. The molecule has 3 aliphatic heterocycles. The van der Waals surface area contributed by atoms with Crippen LogP contribution in [-0.2, 0) is 14.7 Å². The quantitative estimate of drug-likeness (QED) is 0.342. The lowest BCUT2D eigenvalue weighted by atomic mass is 10.0. The van der Waals surface area contributed by atoms with E-state index in [9.17, 15) is 17.2 Å². The zero-order valence-electron chi connectivity index (χ0n) is 26.2. The second-order valence-corrected chi connectivity index (χ2v) is 14.4. The Hall–Kier alpha value is -3.59. The fraction of sp³-hybridized carbons (Fsp3) is 0.500. The van der Waals surface area contributed by atoms with E-state index < -0.39 is 27.5 Å². The molecule has 248 valence electrons. The first kappa shape index (κ1) is 32.4. The van der Waals surface area contributed by atoms with Crippen molar-refractivity contribution < 1.29 is 26.8 Å². The lowest BCUT2D eigenvalue weighted by Crippen LogP contribution is -2.53. The van der Waals surface area contributed by atoms with Gasteiger partial charge in [-0.25, -0.2) is 32.2 Å². The normalized spacial score (nSPS) is 20.3. The maximum Gasteiger partial charge on any atom is 0.164 e. The van der Waals surface area contributed by atoms with Crippen LogP contribution in [0, 0.1) is 11.6 Å². The summed E-state index contributed by atoms with van der Waals surface area (Å²) < 4.78 is 57.3. The Morgan fingerprint density at radius 1 is 1.00 bits per heavy atom. The summed E-state index contributed by atoms with van der Waals surface area (Å²) >= 11 is 0. The first-order valence-corrected chi connectivity index (χ1v) is 17.8. The highest BCUT2D eigenvalue weighted by atomic mass is 32.2. The van der Waals surface area contributed by atoms with Gasteiger partial charge in [0, 0.05) is 87.9 Å². The van der Waals surface area contributed by atoms with Gasteiger partial charge in [-0.05, 0) is 31.0 Å². The van der Waals surface area contributed by atoms with Crippen LogP contribution in [0.3, 0.4) is 0 Å². The summed E-state index contributed by atoms with van der Waals surface area (Å²) in [5, 5.41) is 4.82. The molecule has 0 aliphatic carbocycles. The molecule has 0 radical (unpaired) electrons. The minimum Gasteiger partial charge on any atom is -0.494 e. The predicted molar refractivity (Wildman–Crippen MR) is 173 cm³/mol. The fourth-order valence-electron chi connectivity index (χ4n) is 6.55. The van der Waals surface area contributed by atoms with E-state index in [2.05, 4.69) is 36.1 Å². The van der Waals surface area contributed by atoms with Crippen molar-refractivity contribution >= 4 is 32.8 Å². The maximum absolute atomic E-state index is 14.6. The van der Waals surface area contributed by atoms with Crippen LogP contribution in [0.4, 0.5) is 31.8 Å². The van der Waals surface area contributed by atoms with Gasteiger partial charge in [-0.3, -0.25) is 14.6 Å². The van der Waals surface area contributed by atoms with Crippen LogP contribution in [0.15, 0.2) is 48.8 Å². The van der Waals surface area contributed by atoms with Crippen molar-refractivity contribution in [3.8, 4) is 5.75 Å². The van der Waals surface area contributed by atoms with Crippen molar-refractivity contribution in [1.29, 1.82) is 0 Å². The number of methoxy groups -OCH3 is 1. The lowest BCUT2D eigenvalue weighted by molar-refractivity contribution is 0.0882. The van der Waals surface area contributed by atoms with Crippen molar-refractivity contribution in [1.82, 2.24) is 19.8 Å². The fourth-order valence-corrected chi connectivity index (χ4v) is 7.14. The molecule has 0 unspecified atom stereocenters. The van der Waals surface area contributed by atoms with Crippen LogP contribution in [-0.4, -0.2) is 106 Å². The van der Waals surface area contributed by atoms with Gasteiger partial charge in [-0.2, -0.15) is 0 Å². The lowest BCUT2D eigenvalue weighted by Gasteiger charge is -2.43. The van der Waals surface area contributed by atoms with Crippen LogP contribution in [0.1, 0.15) is 30.9 Å². The van der Waals surface area contributed by atoms with Gasteiger partial charge < -0.3 is 15.0 Å². The zero-order valence-corrected chi connectivity index (χ0v) is 27.1. The van der Waals surface area contributed by atoms with Gasteiger partial charge in [-0.15, -0.1) is 0 Å². The highest BCUT2D eigenvalue weighted by molar-refractivity contribution is 7.90. The monoisotopic (exact) mass is 657 g/mol. The highest BCUT2D eigenvalue weighted by Crippen LogP contribution is 2.37. The number of piperazine rings is 1. The number of nitrogens with one attached hydrogen (secondary N) is 1. The molecular formula is C32H41F2N7O4S. The standard InChI is InChI=1S/C32H41F2N7O4S/c1-44-29-20-24(39-11-8-23(9-12-39)40-15-13-38(14-16-40)17-19-46(2,42)43)6-7-27(29)37-30-21-31(36-22-35-30)41-28(10-18-45-41)25-4-3-5-26(33)32(25)34/h3-7,20-23,28H,8-19H2,1-2H3,(H,35,36,37)/t28-/m1/s1. The summed E-state index contributed by atoms with van der Waals surface area (Å²) in [7, 11) is -1.31. The number of aromatic nitrogens is 2. The Morgan fingerprint density at radius 2 is 1.78 bits per heavy atom. The molecular weight excluding hydrogens is 616 g/mol. The van der Waals surface area contributed by atoms with E-state index in [1.165, 1.54) is 23.7 Å². The number of hydrogen-bond donors (Lipinski definition) is 1. The molecule has 0 saturated carbocycles. The molecule has 3 aromatic rings. The van der Waals surface area contributed by atoms with Crippen LogP contribution < -0.4 is 20.0 Å². The number of anilines is 4. The third kappa shape index (κ3) is 7.51. The van der Waals surface area contributed by atoms with Crippen LogP contribution in [0.2, 0.25) is 0 Å². The number of halogens is 2. The first-order valence-electron chi connectivity index (χ1n) is 15.7. The number of sulfone groups is 1. The third-order valence-electron chi connectivity index (χ3n) is 9.10. The van der Waals surface area contributed by atoms with Gasteiger partial charge in [0.2, 0.25) is 0 Å². The molecule has 0 spiro atoms. The smallest absolute Gasteiger partial charge is 0.164 e. The second-order valence-electron chi connectivity index (χ2n) is 12.1. The number of rotatable bonds is 10. The van der Waals surface area contributed by atoms with Gasteiger partial charge in [0.25, 0.3) is 0 Å². The number of hydrogen-bond acceptors (Lipinski definition) is 11.